The Balaban J connectivity index is 2.41. The number of hydrogen-bond donors (Lipinski definition) is 0. The van der Waals surface area contributed by atoms with Gasteiger partial charge in [-0.1, -0.05) is 114 Å². The van der Waals surface area contributed by atoms with E-state index >= 15 is 0 Å². The first-order valence-corrected chi connectivity index (χ1v) is 17.6. The molecule has 2 aromatic rings. The van der Waals surface area contributed by atoms with Crippen molar-refractivity contribution in [2.45, 2.75) is 77.7 Å². The molecule has 0 saturated heterocycles. The van der Waals surface area contributed by atoms with Gasteiger partial charge in [0.2, 0.25) is 0 Å². The number of carbonyl (C=O) groups excluding carboxylic acids is 1. The zero-order chi connectivity index (χ0) is 33.5. The summed E-state index contributed by atoms with van der Waals surface area (Å²) in [5.41, 5.74) is 0. The van der Waals surface area contributed by atoms with Gasteiger partial charge in [0.25, 0.3) is 8.32 Å². The third kappa shape index (κ3) is 10.6. The molecule has 0 spiro atoms. The van der Waals surface area contributed by atoms with Crippen LogP contribution in [0.4, 0.5) is 0 Å². The zero-order valence-corrected chi connectivity index (χ0v) is 29.7. The minimum atomic E-state index is -2.90. The quantitative estimate of drug-likeness (QED) is 0.0618. The molecule has 0 aliphatic heterocycles. The summed E-state index contributed by atoms with van der Waals surface area (Å²) in [7, 11) is 1.68. The van der Waals surface area contributed by atoms with E-state index in [0.29, 0.717) is 6.42 Å². The van der Waals surface area contributed by atoms with Gasteiger partial charge in [0.1, 0.15) is 19.7 Å². The van der Waals surface area contributed by atoms with Crippen molar-refractivity contribution in [1.29, 1.82) is 0 Å². The number of methoxy groups -OCH3 is 3. The van der Waals surface area contributed by atoms with Crippen LogP contribution in [0.2, 0.25) is 5.04 Å². The third-order valence-corrected chi connectivity index (χ3v) is 13.5. The normalized spacial score (nSPS) is 16.4. The van der Waals surface area contributed by atoms with E-state index in [1.165, 1.54) is 23.6 Å². The van der Waals surface area contributed by atoms with E-state index in [9.17, 15) is 4.79 Å². The smallest absolute Gasteiger partial charge is 0.330 e. The van der Waals surface area contributed by atoms with E-state index in [1.54, 1.807) is 14.2 Å². The number of hydrogen-bond acceptors (Lipinski definition) is 7. The molecular formula is C37H54O7Si. The van der Waals surface area contributed by atoms with Crippen LogP contribution in [-0.4, -0.2) is 67.5 Å². The largest absolute Gasteiger partial charge is 0.466 e. The van der Waals surface area contributed by atoms with Crippen LogP contribution < -0.4 is 10.4 Å². The summed E-state index contributed by atoms with van der Waals surface area (Å²) in [5.74, 6) is 2.53. The Morgan fingerprint density at radius 1 is 0.867 bits per heavy atom. The van der Waals surface area contributed by atoms with Crippen LogP contribution in [0.1, 0.15) is 54.4 Å². The maximum atomic E-state index is 11.7. The lowest BCUT2D eigenvalue weighted by molar-refractivity contribution is -0.134. The second-order valence-corrected chi connectivity index (χ2v) is 16.9. The molecule has 0 aromatic heterocycles. The lowest BCUT2D eigenvalue weighted by atomic mass is 9.86. The number of terminal acetylenes is 1. The van der Waals surface area contributed by atoms with Gasteiger partial charge < -0.3 is 28.1 Å². The fraction of sp³-hybridized carbons (Fsp3) is 0.541. The monoisotopic (exact) mass is 638 g/mol. The van der Waals surface area contributed by atoms with Gasteiger partial charge in [0.15, 0.2) is 0 Å². The van der Waals surface area contributed by atoms with Crippen LogP contribution >= 0.6 is 0 Å². The maximum absolute atomic E-state index is 11.7. The molecule has 0 saturated carbocycles. The highest BCUT2D eigenvalue weighted by Gasteiger charge is 2.52. The molecule has 248 valence electrons. The number of benzene rings is 2. The Hall–Kier alpha value is -2.77. The summed E-state index contributed by atoms with van der Waals surface area (Å²) in [6, 6.07) is 21.0. The van der Waals surface area contributed by atoms with Crippen LogP contribution in [0.25, 0.3) is 0 Å². The number of esters is 1. The van der Waals surface area contributed by atoms with Crippen LogP contribution in [0.15, 0.2) is 72.8 Å². The highest BCUT2D eigenvalue weighted by Crippen LogP contribution is 2.39. The maximum Gasteiger partial charge on any atom is 0.330 e. The number of ether oxygens (including phenoxy) is 5. The van der Waals surface area contributed by atoms with Gasteiger partial charge >= 0.3 is 5.97 Å². The molecule has 6 atom stereocenters. The summed E-state index contributed by atoms with van der Waals surface area (Å²) in [4.78, 5) is 11.7. The molecule has 45 heavy (non-hydrogen) atoms. The molecule has 0 amide bonds. The fourth-order valence-corrected chi connectivity index (χ4v) is 10.7. The van der Waals surface area contributed by atoms with Gasteiger partial charge in [-0.25, -0.2) is 4.79 Å². The molecule has 8 heteroatoms. The molecular weight excluding hydrogens is 584 g/mol. The van der Waals surface area contributed by atoms with Crippen molar-refractivity contribution in [3.8, 4) is 12.3 Å². The van der Waals surface area contributed by atoms with E-state index in [0.717, 1.165) is 6.42 Å². The predicted molar refractivity (Wildman–Crippen MR) is 183 cm³/mol. The first-order chi connectivity index (χ1) is 21.5. The van der Waals surface area contributed by atoms with Crippen LogP contribution in [-0.2, 0) is 32.9 Å². The van der Waals surface area contributed by atoms with Crippen molar-refractivity contribution in [2.75, 3.05) is 34.9 Å². The van der Waals surface area contributed by atoms with Crippen molar-refractivity contribution in [3.63, 3.8) is 0 Å². The highest BCUT2D eigenvalue weighted by molar-refractivity contribution is 6.99. The summed E-state index contributed by atoms with van der Waals surface area (Å²) >= 11 is 0. The average molecular weight is 639 g/mol. The Morgan fingerprint density at radius 2 is 1.40 bits per heavy atom. The van der Waals surface area contributed by atoms with Crippen LogP contribution in [0, 0.1) is 30.1 Å². The van der Waals surface area contributed by atoms with Crippen LogP contribution in [0.5, 0.6) is 0 Å². The second-order valence-electron chi connectivity index (χ2n) is 12.7. The molecule has 0 aliphatic rings. The van der Waals surface area contributed by atoms with Crippen molar-refractivity contribution in [1.82, 2.24) is 0 Å². The molecule has 0 heterocycles. The first kappa shape index (κ1) is 38.4. The summed E-state index contributed by atoms with van der Waals surface area (Å²) in [6.45, 7) is 13.3. The first-order valence-electron chi connectivity index (χ1n) is 15.7. The fourth-order valence-electron chi connectivity index (χ4n) is 6.00. The molecule has 0 radical (unpaired) electrons. The van der Waals surface area contributed by atoms with E-state index < -0.39 is 20.4 Å². The Labute approximate surface area is 272 Å². The van der Waals surface area contributed by atoms with Crippen molar-refractivity contribution in [2.24, 2.45) is 17.8 Å². The minimum absolute atomic E-state index is 0.0537. The SMILES string of the molecule is C#C[C@H](O[Si](c1ccccc1)(c1ccccc1)C(C)(C)C)[C@H](C)[C@H](CC[C@H](C)[C@H](OCOC)[C@@H](C)/C=C\C(=O)OC)OCOC. The summed E-state index contributed by atoms with van der Waals surface area (Å²) in [5, 5.41) is 2.12. The zero-order valence-electron chi connectivity index (χ0n) is 28.7. The highest BCUT2D eigenvalue weighted by atomic mass is 28.4. The summed E-state index contributed by atoms with van der Waals surface area (Å²) < 4.78 is 35.0. The van der Waals surface area contributed by atoms with E-state index in [1.807, 2.05) is 25.1 Å². The molecule has 7 nitrogen and oxygen atoms in total. The molecule has 0 N–H and O–H groups in total. The number of rotatable bonds is 19. The van der Waals surface area contributed by atoms with Gasteiger partial charge in [-0.05, 0) is 34.2 Å². The Morgan fingerprint density at radius 3 is 1.87 bits per heavy atom. The predicted octanol–water partition coefficient (Wildman–Crippen LogP) is 5.96. The second kappa shape index (κ2) is 19.0. The lowest BCUT2D eigenvalue weighted by Crippen LogP contribution is -2.68. The van der Waals surface area contributed by atoms with Crippen molar-refractivity contribution in [3.05, 3.63) is 72.8 Å². The van der Waals surface area contributed by atoms with Gasteiger partial charge in [0.05, 0.1) is 19.3 Å². The Bertz CT molecular complexity index is 1150. The molecule has 0 bridgehead atoms. The van der Waals surface area contributed by atoms with Crippen molar-refractivity contribution >= 4 is 24.7 Å². The van der Waals surface area contributed by atoms with Gasteiger partial charge in [-0.15, -0.1) is 6.42 Å². The molecule has 2 aromatic carbocycles. The number of carbonyl (C=O) groups is 1. The van der Waals surface area contributed by atoms with Crippen LogP contribution in [0.3, 0.4) is 0 Å². The Kier molecular flexibility index (Phi) is 16.2. The van der Waals surface area contributed by atoms with Gasteiger partial charge in [-0.3, -0.25) is 0 Å². The van der Waals surface area contributed by atoms with Gasteiger partial charge in [0, 0.05) is 32.1 Å². The molecule has 0 fully saturated rings. The van der Waals surface area contributed by atoms with E-state index in [2.05, 4.69) is 89.1 Å². The average Bonchev–Trinajstić information content (AvgIpc) is 3.04. The molecule has 0 aliphatic carbocycles. The summed E-state index contributed by atoms with van der Waals surface area (Å²) in [6.07, 6.45) is 10.1. The van der Waals surface area contributed by atoms with Gasteiger partial charge in [-0.2, -0.15) is 0 Å². The lowest BCUT2D eigenvalue weighted by Gasteiger charge is -2.45. The molecule has 2 rings (SSSR count). The van der Waals surface area contributed by atoms with E-state index in [-0.39, 0.29) is 48.6 Å². The standard InChI is InChI=1S/C37H54O7Si/c1-11-33(44-45(37(5,6)7,31-18-14-12-15-19-31)32-20-16-13-17-21-32)30(4)34(42-26-39-8)24-22-28(2)36(43-27-40-9)29(3)23-25-35(38)41-10/h1,12-21,23,25,28-30,33-34,36H,22,24,26-27H2,2-10H3/b25-23-/t28-,29-,30-,33-,34-,36-/m0/s1. The molecule has 0 unspecified atom stereocenters. The minimum Gasteiger partial charge on any atom is -0.466 e. The van der Waals surface area contributed by atoms with Crippen molar-refractivity contribution < 1.29 is 32.9 Å². The third-order valence-electron chi connectivity index (χ3n) is 8.45. The van der Waals surface area contributed by atoms with E-state index in [4.69, 9.17) is 34.5 Å². The topological polar surface area (TPSA) is 72.5 Å².